The number of halogens is 1. The Morgan fingerprint density at radius 1 is 1.36 bits per heavy atom. The molecule has 0 fully saturated rings. The van der Waals surface area contributed by atoms with Crippen LogP contribution in [-0.2, 0) is 11.2 Å². The van der Waals surface area contributed by atoms with E-state index < -0.39 is 0 Å². The quantitative estimate of drug-likeness (QED) is 0.720. The van der Waals surface area contributed by atoms with Crippen LogP contribution in [0.15, 0.2) is 24.3 Å². The summed E-state index contributed by atoms with van der Waals surface area (Å²) in [5.41, 5.74) is 1.02. The van der Waals surface area contributed by atoms with Crippen molar-refractivity contribution in [2.45, 2.75) is 26.7 Å². The molecule has 14 heavy (non-hydrogen) atoms. The molecule has 2 heteroatoms. The van der Waals surface area contributed by atoms with Crippen LogP contribution in [0, 0.1) is 11.7 Å². The van der Waals surface area contributed by atoms with Crippen LogP contribution >= 0.6 is 0 Å². The maximum atomic E-state index is 12.6. The molecule has 1 nitrogen and oxygen atoms in total. The zero-order valence-corrected chi connectivity index (χ0v) is 8.59. The number of Topliss-reactive ketones (excluding diaryl/α,β-unsaturated/α-hetero) is 1. The minimum Gasteiger partial charge on any atom is -0.300 e. The van der Waals surface area contributed by atoms with Crippen molar-refractivity contribution >= 4 is 5.78 Å². The molecule has 0 aliphatic carbocycles. The van der Waals surface area contributed by atoms with Crippen LogP contribution in [0.1, 0.15) is 25.8 Å². The highest BCUT2D eigenvalue weighted by Crippen LogP contribution is 2.13. The molecule has 0 amide bonds. The molecule has 1 aromatic carbocycles. The summed E-state index contributed by atoms with van der Waals surface area (Å²) in [6.45, 7) is 3.60. The molecule has 1 rings (SSSR count). The van der Waals surface area contributed by atoms with Gasteiger partial charge in [0.2, 0.25) is 0 Å². The van der Waals surface area contributed by atoms with Crippen molar-refractivity contribution in [3.05, 3.63) is 35.6 Å². The summed E-state index contributed by atoms with van der Waals surface area (Å²) in [6.07, 6.45) is 1.55. The molecule has 1 unspecified atom stereocenters. The Bertz CT molecular complexity index is 303. The molecule has 1 atom stereocenters. The van der Waals surface area contributed by atoms with Gasteiger partial charge in [0, 0.05) is 5.92 Å². The highest BCUT2D eigenvalue weighted by atomic mass is 19.1. The van der Waals surface area contributed by atoms with E-state index in [4.69, 9.17) is 0 Å². The molecule has 0 N–H and O–H groups in total. The molecular formula is C12H15FO. The summed E-state index contributed by atoms with van der Waals surface area (Å²) in [5, 5.41) is 0. The van der Waals surface area contributed by atoms with E-state index in [1.165, 1.54) is 12.1 Å². The van der Waals surface area contributed by atoms with Crippen LogP contribution in [0.3, 0.4) is 0 Å². The first-order chi connectivity index (χ1) is 6.63. The lowest BCUT2D eigenvalue weighted by Gasteiger charge is -2.10. The number of carbonyl (C=O) groups is 1. The van der Waals surface area contributed by atoms with E-state index in [0.29, 0.717) is 6.42 Å². The maximum absolute atomic E-state index is 12.6. The number of hydrogen-bond donors (Lipinski definition) is 0. The van der Waals surface area contributed by atoms with Gasteiger partial charge in [0.15, 0.2) is 0 Å². The summed E-state index contributed by atoms with van der Waals surface area (Å²) in [4.78, 5) is 11.2. The second kappa shape index (κ2) is 4.89. The number of carbonyl (C=O) groups excluding carboxylic acids is 1. The molecule has 1 aromatic rings. The van der Waals surface area contributed by atoms with Gasteiger partial charge >= 0.3 is 0 Å². The highest BCUT2D eigenvalue weighted by molar-refractivity contribution is 5.78. The first-order valence-corrected chi connectivity index (χ1v) is 4.88. The van der Waals surface area contributed by atoms with E-state index in [1.54, 1.807) is 19.1 Å². The third-order valence-corrected chi connectivity index (χ3v) is 2.46. The van der Waals surface area contributed by atoms with Crippen molar-refractivity contribution in [3.63, 3.8) is 0 Å². The number of rotatable bonds is 4. The number of benzene rings is 1. The second-order valence-corrected chi connectivity index (χ2v) is 3.55. The lowest BCUT2D eigenvalue weighted by molar-refractivity contribution is -0.120. The normalized spacial score (nSPS) is 12.5. The molecule has 0 aliphatic rings. The molecule has 0 aromatic heterocycles. The van der Waals surface area contributed by atoms with Crippen molar-refractivity contribution in [1.29, 1.82) is 0 Å². The van der Waals surface area contributed by atoms with Gasteiger partial charge in [-0.3, -0.25) is 4.79 Å². The summed E-state index contributed by atoms with van der Waals surface area (Å²) < 4.78 is 12.6. The van der Waals surface area contributed by atoms with Gasteiger partial charge in [-0.1, -0.05) is 19.1 Å². The zero-order valence-electron chi connectivity index (χ0n) is 8.59. The van der Waals surface area contributed by atoms with E-state index in [0.717, 1.165) is 12.0 Å². The average Bonchev–Trinajstić information content (AvgIpc) is 2.16. The smallest absolute Gasteiger partial charge is 0.133 e. The lowest BCUT2D eigenvalue weighted by atomic mass is 9.94. The third-order valence-electron chi connectivity index (χ3n) is 2.46. The first kappa shape index (κ1) is 10.9. The van der Waals surface area contributed by atoms with Gasteiger partial charge in [-0.15, -0.1) is 0 Å². The molecule has 0 spiro atoms. The van der Waals surface area contributed by atoms with Gasteiger partial charge in [0.1, 0.15) is 11.6 Å². The molecule has 0 bridgehead atoms. The Labute approximate surface area is 83.9 Å². The Balaban J connectivity index is 2.67. The summed E-state index contributed by atoms with van der Waals surface area (Å²) >= 11 is 0. The SMILES string of the molecule is CCC(Cc1ccc(F)cc1)C(C)=O. The van der Waals surface area contributed by atoms with Gasteiger partial charge in [-0.2, -0.15) is 0 Å². The van der Waals surface area contributed by atoms with Gasteiger partial charge < -0.3 is 0 Å². The summed E-state index contributed by atoms with van der Waals surface area (Å²) in [5.74, 6) is 0.0434. The van der Waals surface area contributed by atoms with Crippen LogP contribution in [0.2, 0.25) is 0 Å². The van der Waals surface area contributed by atoms with Crippen LogP contribution in [0.25, 0.3) is 0 Å². The van der Waals surface area contributed by atoms with Gasteiger partial charge in [-0.05, 0) is 37.5 Å². The van der Waals surface area contributed by atoms with E-state index in [-0.39, 0.29) is 17.5 Å². The van der Waals surface area contributed by atoms with E-state index in [9.17, 15) is 9.18 Å². The van der Waals surface area contributed by atoms with E-state index in [2.05, 4.69) is 0 Å². The highest BCUT2D eigenvalue weighted by Gasteiger charge is 2.11. The lowest BCUT2D eigenvalue weighted by Crippen LogP contribution is -2.12. The fourth-order valence-electron chi connectivity index (χ4n) is 1.48. The zero-order chi connectivity index (χ0) is 10.6. The fraction of sp³-hybridized carbons (Fsp3) is 0.417. The Hall–Kier alpha value is -1.18. The summed E-state index contributed by atoms with van der Waals surface area (Å²) in [7, 11) is 0. The van der Waals surface area contributed by atoms with Crippen LogP contribution in [0.5, 0.6) is 0 Å². The van der Waals surface area contributed by atoms with Gasteiger partial charge in [0.05, 0.1) is 0 Å². The van der Waals surface area contributed by atoms with Crippen molar-refractivity contribution < 1.29 is 9.18 Å². The molecule has 0 heterocycles. The minimum absolute atomic E-state index is 0.0699. The Morgan fingerprint density at radius 3 is 2.36 bits per heavy atom. The van der Waals surface area contributed by atoms with E-state index in [1.807, 2.05) is 6.92 Å². The van der Waals surface area contributed by atoms with Crippen molar-refractivity contribution in [3.8, 4) is 0 Å². The van der Waals surface area contributed by atoms with Crippen LogP contribution < -0.4 is 0 Å². The predicted molar refractivity (Wildman–Crippen MR) is 54.6 cm³/mol. The van der Waals surface area contributed by atoms with Crippen LogP contribution in [-0.4, -0.2) is 5.78 Å². The van der Waals surface area contributed by atoms with Crippen molar-refractivity contribution in [2.75, 3.05) is 0 Å². The van der Waals surface area contributed by atoms with Crippen molar-refractivity contribution in [1.82, 2.24) is 0 Å². The topological polar surface area (TPSA) is 17.1 Å². The average molecular weight is 194 g/mol. The number of ketones is 1. The van der Waals surface area contributed by atoms with Gasteiger partial charge in [0.25, 0.3) is 0 Å². The van der Waals surface area contributed by atoms with Gasteiger partial charge in [-0.25, -0.2) is 4.39 Å². The largest absolute Gasteiger partial charge is 0.300 e. The molecular weight excluding hydrogens is 179 g/mol. The number of hydrogen-bond acceptors (Lipinski definition) is 1. The maximum Gasteiger partial charge on any atom is 0.133 e. The standard InChI is InChI=1S/C12H15FO/c1-3-11(9(2)14)8-10-4-6-12(13)7-5-10/h4-7,11H,3,8H2,1-2H3. The van der Waals surface area contributed by atoms with E-state index >= 15 is 0 Å². The molecule has 0 saturated heterocycles. The molecule has 76 valence electrons. The fourth-order valence-corrected chi connectivity index (χ4v) is 1.48. The molecule has 0 aliphatic heterocycles. The summed E-state index contributed by atoms with van der Waals surface area (Å²) in [6, 6.07) is 6.34. The Morgan fingerprint density at radius 2 is 1.93 bits per heavy atom. The minimum atomic E-state index is -0.232. The molecule has 0 radical (unpaired) electrons. The molecule has 0 saturated carbocycles. The predicted octanol–water partition coefficient (Wildman–Crippen LogP) is 2.98. The second-order valence-electron chi connectivity index (χ2n) is 3.55. The third kappa shape index (κ3) is 2.95. The van der Waals surface area contributed by atoms with Crippen molar-refractivity contribution in [2.24, 2.45) is 5.92 Å². The first-order valence-electron chi connectivity index (χ1n) is 4.88. The monoisotopic (exact) mass is 194 g/mol. The Kier molecular flexibility index (Phi) is 3.81. The van der Waals surface area contributed by atoms with Crippen LogP contribution in [0.4, 0.5) is 4.39 Å².